The fourth-order valence-electron chi connectivity index (χ4n) is 2.28. The highest BCUT2D eigenvalue weighted by Gasteiger charge is 2.37. The Kier molecular flexibility index (Phi) is 6.56. The van der Waals surface area contributed by atoms with E-state index in [1.807, 2.05) is 0 Å². The molecule has 0 radical (unpaired) electrons. The van der Waals surface area contributed by atoms with Crippen molar-refractivity contribution in [2.75, 3.05) is 18.8 Å². The standard InChI is InChI=1S/C12H22N2O6S/c1-2-8-21(19,20)14-7-3-4-9(14)11(16)13-6-5-10(15)12(17)18/h9-10,15H,2-8H2,1H3,(H,13,16)(H,17,18)/t9?,10-/m0/s1. The molecule has 1 rings (SSSR count). The van der Waals surface area contributed by atoms with Gasteiger partial charge in [-0.2, -0.15) is 4.31 Å². The highest BCUT2D eigenvalue weighted by Crippen LogP contribution is 2.21. The average molecular weight is 322 g/mol. The predicted octanol–water partition coefficient (Wildman–Crippen LogP) is -0.858. The van der Waals surface area contributed by atoms with E-state index >= 15 is 0 Å². The molecule has 1 heterocycles. The Labute approximate surface area is 124 Å². The van der Waals surface area contributed by atoms with Crippen LogP contribution < -0.4 is 5.32 Å². The Morgan fingerprint density at radius 1 is 1.43 bits per heavy atom. The smallest absolute Gasteiger partial charge is 0.332 e. The van der Waals surface area contributed by atoms with Crippen LogP contribution in [-0.2, 0) is 19.6 Å². The number of carbonyl (C=O) groups is 2. The molecular weight excluding hydrogens is 300 g/mol. The van der Waals surface area contributed by atoms with E-state index in [9.17, 15) is 18.0 Å². The van der Waals surface area contributed by atoms with Gasteiger partial charge in [0.05, 0.1) is 5.75 Å². The summed E-state index contributed by atoms with van der Waals surface area (Å²) in [6.07, 6.45) is -0.0866. The fraction of sp³-hybridized carbons (Fsp3) is 0.833. The van der Waals surface area contributed by atoms with Crippen molar-refractivity contribution in [1.29, 1.82) is 0 Å². The van der Waals surface area contributed by atoms with Crippen molar-refractivity contribution in [2.24, 2.45) is 0 Å². The molecule has 0 aromatic carbocycles. The fourth-order valence-corrected chi connectivity index (χ4v) is 4.03. The lowest BCUT2D eigenvalue weighted by Gasteiger charge is -2.23. The van der Waals surface area contributed by atoms with Gasteiger partial charge in [-0.3, -0.25) is 4.79 Å². The van der Waals surface area contributed by atoms with Gasteiger partial charge in [0.2, 0.25) is 15.9 Å². The molecule has 1 aliphatic rings. The third-order valence-corrected chi connectivity index (χ3v) is 5.40. The van der Waals surface area contributed by atoms with Gasteiger partial charge in [-0.15, -0.1) is 0 Å². The molecule has 1 aliphatic heterocycles. The lowest BCUT2D eigenvalue weighted by Crippen LogP contribution is -2.47. The monoisotopic (exact) mass is 322 g/mol. The second kappa shape index (κ2) is 7.71. The summed E-state index contributed by atoms with van der Waals surface area (Å²) < 4.78 is 25.3. The predicted molar refractivity (Wildman–Crippen MR) is 75.1 cm³/mol. The Hall–Kier alpha value is -1.19. The first-order valence-corrected chi connectivity index (χ1v) is 8.58. The second-order valence-corrected chi connectivity index (χ2v) is 7.06. The number of rotatable bonds is 8. The molecule has 9 heteroatoms. The van der Waals surface area contributed by atoms with Gasteiger partial charge in [-0.05, 0) is 19.3 Å². The van der Waals surface area contributed by atoms with Crippen LogP contribution in [0.2, 0.25) is 0 Å². The molecule has 0 saturated carbocycles. The molecule has 2 atom stereocenters. The maximum Gasteiger partial charge on any atom is 0.332 e. The number of carboxylic acid groups (broad SMARTS) is 1. The van der Waals surface area contributed by atoms with Crippen molar-refractivity contribution in [2.45, 2.75) is 44.8 Å². The molecule has 21 heavy (non-hydrogen) atoms. The Bertz CT molecular complexity index is 478. The summed E-state index contributed by atoms with van der Waals surface area (Å²) in [5.74, 6) is -1.78. The molecule has 3 N–H and O–H groups in total. The Morgan fingerprint density at radius 3 is 2.67 bits per heavy atom. The normalized spacial score (nSPS) is 21.1. The number of hydrogen-bond donors (Lipinski definition) is 3. The van der Waals surface area contributed by atoms with Crippen molar-refractivity contribution in [3.8, 4) is 0 Å². The summed E-state index contributed by atoms with van der Waals surface area (Å²) >= 11 is 0. The Morgan fingerprint density at radius 2 is 2.10 bits per heavy atom. The zero-order chi connectivity index (χ0) is 16.0. The maximum atomic E-state index is 12.0. The molecule has 1 saturated heterocycles. The number of aliphatic hydroxyl groups excluding tert-OH is 1. The molecule has 0 spiro atoms. The topological polar surface area (TPSA) is 124 Å². The minimum atomic E-state index is -3.43. The van der Waals surface area contributed by atoms with Crippen LogP contribution in [-0.4, -0.2) is 65.8 Å². The molecule has 0 bridgehead atoms. The maximum absolute atomic E-state index is 12.0. The van der Waals surface area contributed by atoms with E-state index in [0.29, 0.717) is 25.8 Å². The lowest BCUT2D eigenvalue weighted by atomic mass is 10.2. The minimum absolute atomic E-state index is 0.00844. The number of aliphatic carboxylic acids is 1. The summed E-state index contributed by atoms with van der Waals surface area (Å²) in [5, 5.41) is 20.1. The van der Waals surface area contributed by atoms with Crippen molar-refractivity contribution in [1.82, 2.24) is 9.62 Å². The van der Waals surface area contributed by atoms with Crippen LogP contribution in [0.1, 0.15) is 32.6 Å². The van der Waals surface area contributed by atoms with Crippen LogP contribution in [0, 0.1) is 0 Å². The number of nitrogens with one attached hydrogen (secondary N) is 1. The van der Waals surface area contributed by atoms with E-state index in [2.05, 4.69) is 5.32 Å². The van der Waals surface area contributed by atoms with Crippen molar-refractivity contribution < 1.29 is 28.2 Å². The van der Waals surface area contributed by atoms with E-state index in [-0.39, 0.29) is 18.7 Å². The average Bonchev–Trinajstić information content (AvgIpc) is 2.88. The summed E-state index contributed by atoms with van der Waals surface area (Å²) in [7, 11) is -3.43. The molecule has 122 valence electrons. The third-order valence-electron chi connectivity index (χ3n) is 3.33. The van der Waals surface area contributed by atoms with Gasteiger partial charge < -0.3 is 15.5 Å². The van der Waals surface area contributed by atoms with Crippen molar-refractivity contribution in [3.63, 3.8) is 0 Å². The zero-order valence-electron chi connectivity index (χ0n) is 12.0. The summed E-state index contributed by atoms with van der Waals surface area (Å²) in [5.41, 5.74) is 0. The largest absolute Gasteiger partial charge is 0.479 e. The van der Waals surface area contributed by atoms with Crippen LogP contribution in [0.25, 0.3) is 0 Å². The SMILES string of the molecule is CCCS(=O)(=O)N1CCCC1C(=O)NCC[C@H](O)C(=O)O. The third kappa shape index (κ3) is 4.94. The molecule has 0 aliphatic carbocycles. The second-order valence-electron chi connectivity index (χ2n) is 5.02. The Balaban J connectivity index is 2.55. The molecule has 0 aromatic heterocycles. The van der Waals surface area contributed by atoms with Gasteiger partial charge in [-0.1, -0.05) is 6.92 Å². The summed E-state index contributed by atoms with van der Waals surface area (Å²) in [6.45, 7) is 2.08. The number of amides is 1. The number of sulfonamides is 1. The van der Waals surface area contributed by atoms with Gasteiger partial charge in [0.15, 0.2) is 6.10 Å². The molecule has 1 amide bonds. The van der Waals surface area contributed by atoms with E-state index in [0.717, 1.165) is 0 Å². The first-order valence-electron chi connectivity index (χ1n) is 6.97. The molecular formula is C12H22N2O6S. The highest BCUT2D eigenvalue weighted by molar-refractivity contribution is 7.89. The first-order chi connectivity index (χ1) is 9.79. The quantitative estimate of drug-likeness (QED) is 0.534. The number of carbonyl (C=O) groups excluding carboxylic acids is 1. The number of carboxylic acids is 1. The van der Waals surface area contributed by atoms with Gasteiger partial charge in [0, 0.05) is 19.5 Å². The van der Waals surface area contributed by atoms with Crippen molar-refractivity contribution >= 4 is 21.9 Å². The molecule has 1 unspecified atom stereocenters. The highest BCUT2D eigenvalue weighted by atomic mass is 32.2. The van der Waals surface area contributed by atoms with Crippen LogP contribution >= 0.6 is 0 Å². The van der Waals surface area contributed by atoms with E-state index in [1.165, 1.54) is 4.31 Å². The number of nitrogens with zero attached hydrogens (tertiary/aromatic N) is 1. The van der Waals surface area contributed by atoms with Crippen molar-refractivity contribution in [3.05, 3.63) is 0 Å². The zero-order valence-corrected chi connectivity index (χ0v) is 12.8. The van der Waals surface area contributed by atoms with E-state index in [4.69, 9.17) is 10.2 Å². The first kappa shape index (κ1) is 17.9. The minimum Gasteiger partial charge on any atom is -0.479 e. The lowest BCUT2D eigenvalue weighted by molar-refractivity contribution is -0.147. The van der Waals surface area contributed by atoms with Crippen LogP contribution in [0.3, 0.4) is 0 Å². The van der Waals surface area contributed by atoms with E-state index in [1.54, 1.807) is 6.92 Å². The van der Waals surface area contributed by atoms with Crippen LogP contribution in [0.15, 0.2) is 0 Å². The molecule has 8 nitrogen and oxygen atoms in total. The van der Waals surface area contributed by atoms with Gasteiger partial charge in [0.1, 0.15) is 6.04 Å². The number of aliphatic hydroxyl groups is 1. The number of hydrogen-bond acceptors (Lipinski definition) is 5. The van der Waals surface area contributed by atoms with E-state index < -0.39 is 34.0 Å². The van der Waals surface area contributed by atoms with Gasteiger partial charge in [0.25, 0.3) is 0 Å². The molecule has 0 aromatic rings. The van der Waals surface area contributed by atoms with Gasteiger partial charge in [-0.25, -0.2) is 13.2 Å². The summed E-state index contributed by atoms with van der Waals surface area (Å²) in [6, 6.07) is -0.733. The van der Waals surface area contributed by atoms with Gasteiger partial charge >= 0.3 is 5.97 Å². The van der Waals surface area contributed by atoms with Crippen LogP contribution in [0.4, 0.5) is 0 Å². The summed E-state index contributed by atoms with van der Waals surface area (Å²) in [4.78, 5) is 22.4. The van der Waals surface area contributed by atoms with Crippen LogP contribution in [0.5, 0.6) is 0 Å². The molecule has 1 fully saturated rings.